The maximum absolute atomic E-state index is 13.2. The molecular formula is C25H43F4N3O2. The number of piperidine rings is 2. The summed E-state index contributed by atoms with van der Waals surface area (Å²) in [5, 5.41) is 19.7. The summed E-state index contributed by atoms with van der Waals surface area (Å²) in [6.07, 6.45) is 6.04. The second-order valence-corrected chi connectivity index (χ2v) is 11.3. The van der Waals surface area contributed by atoms with Gasteiger partial charge in [0, 0.05) is 25.0 Å². The van der Waals surface area contributed by atoms with Gasteiger partial charge in [0.05, 0.1) is 12.0 Å². The summed E-state index contributed by atoms with van der Waals surface area (Å²) in [4.78, 5) is 0. The van der Waals surface area contributed by atoms with Crippen molar-refractivity contribution in [1.29, 1.82) is 0 Å². The molecule has 0 radical (unpaired) electrons. The van der Waals surface area contributed by atoms with Crippen molar-refractivity contribution >= 4 is 0 Å². The van der Waals surface area contributed by atoms with E-state index in [1.54, 1.807) is 0 Å². The molecule has 0 bridgehead atoms. The van der Waals surface area contributed by atoms with Crippen LogP contribution in [0.1, 0.15) is 83.5 Å². The van der Waals surface area contributed by atoms with Crippen LogP contribution in [-0.2, 0) is 4.74 Å². The minimum atomic E-state index is -4.12. The normalized spacial score (nSPS) is 41.2. The Morgan fingerprint density at radius 3 is 2.32 bits per heavy atom. The highest BCUT2D eigenvalue weighted by Crippen LogP contribution is 2.38. The van der Waals surface area contributed by atoms with Crippen molar-refractivity contribution in [2.24, 2.45) is 23.7 Å². The summed E-state index contributed by atoms with van der Waals surface area (Å²) in [7, 11) is 0. The van der Waals surface area contributed by atoms with E-state index in [-0.39, 0.29) is 31.2 Å². The zero-order chi connectivity index (χ0) is 24.1. The fourth-order valence-electron chi connectivity index (χ4n) is 6.56. The Hall–Kier alpha value is -0.480. The Kier molecular flexibility index (Phi) is 9.52. The van der Waals surface area contributed by atoms with E-state index in [4.69, 9.17) is 4.74 Å². The van der Waals surface area contributed by atoms with E-state index in [9.17, 15) is 22.7 Å². The van der Waals surface area contributed by atoms with Gasteiger partial charge in [-0.15, -0.1) is 0 Å². The Morgan fingerprint density at radius 2 is 1.68 bits per heavy atom. The quantitative estimate of drug-likeness (QED) is 0.237. The van der Waals surface area contributed by atoms with E-state index in [2.05, 4.69) is 16.0 Å². The van der Waals surface area contributed by atoms with Crippen molar-refractivity contribution in [3.05, 3.63) is 0 Å². The van der Waals surface area contributed by atoms with Gasteiger partial charge in [-0.2, -0.15) is 13.2 Å². The predicted octanol–water partition coefficient (Wildman–Crippen LogP) is 4.60. The number of ether oxygens (including phenoxy) is 1. The molecule has 0 amide bonds. The largest absolute Gasteiger partial charge is 0.393 e. The number of aliphatic hydroxyl groups excluding tert-OH is 1. The number of rotatable bonds is 7. The number of alkyl halides is 4. The van der Waals surface area contributed by atoms with Crippen LogP contribution in [-0.4, -0.2) is 55.3 Å². The van der Waals surface area contributed by atoms with E-state index >= 15 is 0 Å². The molecule has 4 aliphatic rings. The van der Waals surface area contributed by atoms with Crippen molar-refractivity contribution < 1.29 is 27.4 Å². The molecule has 2 heterocycles. The van der Waals surface area contributed by atoms with E-state index in [1.165, 1.54) is 12.8 Å². The lowest BCUT2D eigenvalue weighted by atomic mass is 9.76. The third kappa shape index (κ3) is 7.76. The number of hydrogen-bond acceptors (Lipinski definition) is 5. The Labute approximate surface area is 201 Å². The van der Waals surface area contributed by atoms with Crippen LogP contribution in [0.2, 0.25) is 0 Å². The minimum Gasteiger partial charge on any atom is -0.378 e. The molecule has 0 aromatic heterocycles. The van der Waals surface area contributed by atoms with Gasteiger partial charge in [0.2, 0.25) is 0 Å². The number of hydrogen-bond donors (Lipinski definition) is 4. The van der Waals surface area contributed by atoms with Gasteiger partial charge in [-0.1, -0.05) is 12.8 Å². The predicted molar refractivity (Wildman–Crippen MR) is 123 cm³/mol. The van der Waals surface area contributed by atoms with Crippen LogP contribution in [0.4, 0.5) is 17.6 Å². The summed E-state index contributed by atoms with van der Waals surface area (Å²) in [5.41, 5.74) is 0. The van der Waals surface area contributed by atoms with Crippen LogP contribution in [0.15, 0.2) is 0 Å². The fraction of sp³-hybridized carbons (Fsp3) is 1.00. The average molecular weight is 494 g/mol. The third-order valence-corrected chi connectivity index (χ3v) is 8.68. The molecule has 0 aromatic rings. The molecule has 4 N–H and O–H groups in total. The lowest BCUT2D eigenvalue weighted by Crippen LogP contribution is -2.50. The monoisotopic (exact) mass is 493 g/mol. The van der Waals surface area contributed by atoms with E-state index in [1.807, 2.05) is 0 Å². The summed E-state index contributed by atoms with van der Waals surface area (Å²) < 4.78 is 58.1. The molecular weight excluding hydrogens is 450 g/mol. The van der Waals surface area contributed by atoms with Crippen LogP contribution in [0, 0.1) is 23.7 Å². The van der Waals surface area contributed by atoms with Gasteiger partial charge < -0.3 is 9.84 Å². The first-order valence-electron chi connectivity index (χ1n) is 13.5. The molecule has 2 saturated carbocycles. The molecule has 7 unspecified atom stereocenters. The number of aliphatic hydroxyl groups is 1. The zero-order valence-electron chi connectivity index (χ0n) is 20.2. The lowest BCUT2D eigenvalue weighted by Gasteiger charge is -2.38. The number of nitrogens with one attached hydrogen (secondary N) is 3. The highest BCUT2D eigenvalue weighted by atomic mass is 19.4. The molecule has 4 fully saturated rings. The molecule has 9 heteroatoms. The van der Waals surface area contributed by atoms with Crippen molar-refractivity contribution in [1.82, 2.24) is 16.0 Å². The maximum Gasteiger partial charge on any atom is 0.393 e. The molecule has 0 aromatic carbocycles. The van der Waals surface area contributed by atoms with E-state index < -0.39 is 24.6 Å². The first-order valence-corrected chi connectivity index (χ1v) is 13.5. The molecule has 34 heavy (non-hydrogen) atoms. The topological polar surface area (TPSA) is 65.5 Å². The smallest absolute Gasteiger partial charge is 0.378 e. The second kappa shape index (κ2) is 12.2. The van der Waals surface area contributed by atoms with Crippen LogP contribution in [0.3, 0.4) is 0 Å². The van der Waals surface area contributed by atoms with Crippen molar-refractivity contribution in [3.8, 4) is 0 Å². The molecule has 4 rings (SSSR count). The summed E-state index contributed by atoms with van der Waals surface area (Å²) in [6, 6.07) is 0.328. The van der Waals surface area contributed by atoms with E-state index in [0.29, 0.717) is 43.7 Å². The van der Waals surface area contributed by atoms with Gasteiger partial charge >= 0.3 is 6.18 Å². The highest BCUT2D eigenvalue weighted by Gasteiger charge is 2.42. The number of halogens is 4. The zero-order valence-corrected chi connectivity index (χ0v) is 20.2. The van der Waals surface area contributed by atoms with Gasteiger partial charge in [-0.05, 0) is 82.5 Å². The van der Waals surface area contributed by atoms with Gasteiger partial charge in [-0.25, -0.2) is 4.39 Å². The molecule has 7 atom stereocenters. The van der Waals surface area contributed by atoms with Gasteiger partial charge in [0.15, 0.2) is 6.30 Å². The molecule has 2 aliphatic heterocycles. The van der Waals surface area contributed by atoms with Crippen LogP contribution in [0.5, 0.6) is 0 Å². The van der Waals surface area contributed by atoms with Crippen molar-refractivity contribution in [3.63, 3.8) is 0 Å². The van der Waals surface area contributed by atoms with Crippen LogP contribution in [0.25, 0.3) is 0 Å². The standard InChI is InChI=1S/C25H43F4N3O2/c26-22-10-6-18(14-30-22)24(33)32-20-8-4-16(5-9-20)12-17-2-1-3-21(13-17)34-23-11-7-19(15-31-23)25(27,28)29/h16-24,30-33H,1-15H2. The molecule has 0 spiro atoms. The van der Waals surface area contributed by atoms with Crippen molar-refractivity contribution in [2.75, 3.05) is 13.1 Å². The molecule has 2 saturated heterocycles. The Bertz CT molecular complexity index is 601. The molecule has 198 valence electrons. The SMILES string of the molecule is OC(NC1CCC(CC2CCCC(OC3CCC(C(F)(F)F)CN3)C2)CC1)C1CCC(F)NC1. The maximum atomic E-state index is 13.2. The first kappa shape index (κ1) is 26.6. The lowest BCUT2D eigenvalue weighted by molar-refractivity contribution is -0.188. The Balaban J connectivity index is 1.12. The molecule has 5 nitrogen and oxygen atoms in total. The first-order chi connectivity index (χ1) is 16.3. The minimum absolute atomic E-state index is 0.0378. The highest BCUT2D eigenvalue weighted by molar-refractivity contribution is 4.85. The van der Waals surface area contributed by atoms with Crippen molar-refractivity contribution in [2.45, 2.75) is 121 Å². The van der Waals surface area contributed by atoms with Gasteiger partial charge in [-0.3, -0.25) is 16.0 Å². The van der Waals surface area contributed by atoms with Gasteiger partial charge in [0.25, 0.3) is 0 Å². The Morgan fingerprint density at radius 1 is 0.882 bits per heavy atom. The molecule has 2 aliphatic carbocycles. The van der Waals surface area contributed by atoms with Gasteiger partial charge in [0.1, 0.15) is 12.5 Å². The summed E-state index contributed by atoms with van der Waals surface area (Å²) in [6.45, 7) is 0.485. The second-order valence-electron chi connectivity index (χ2n) is 11.3. The summed E-state index contributed by atoms with van der Waals surface area (Å²) >= 11 is 0. The van der Waals surface area contributed by atoms with E-state index in [0.717, 1.165) is 44.9 Å². The average Bonchev–Trinajstić information content (AvgIpc) is 2.81. The van der Waals surface area contributed by atoms with Crippen LogP contribution < -0.4 is 16.0 Å². The third-order valence-electron chi connectivity index (χ3n) is 8.68. The fourth-order valence-corrected chi connectivity index (χ4v) is 6.56. The summed E-state index contributed by atoms with van der Waals surface area (Å²) in [5.74, 6) is 0.149. The van der Waals surface area contributed by atoms with Crippen LogP contribution >= 0.6 is 0 Å².